The SMILES string of the molecule is COc1ccc2ccccc2c1-c1nc(C)sc1N. The van der Waals surface area contributed by atoms with Gasteiger partial charge >= 0.3 is 0 Å². The standard InChI is InChI=1S/C15H14N2OS/c1-9-17-14(15(16)19-9)13-11-6-4-3-5-10(11)7-8-12(13)18-2/h3-8H,16H2,1-2H3. The van der Waals surface area contributed by atoms with Gasteiger partial charge in [0.25, 0.3) is 0 Å². The highest BCUT2D eigenvalue weighted by atomic mass is 32.1. The van der Waals surface area contributed by atoms with Crippen molar-refractivity contribution in [3.05, 3.63) is 41.4 Å². The first-order chi connectivity index (χ1) is 9.20. The van der Waals surface area contributed by atoms with E-state index in [1.807, 2.05) is 31.2 Å². The van der Waals surface area contributed by atoms with Gasteiger partial charge in [-0.15, -0.1) is 11.3 Å². The van der Waals surface area contributed by atoms with Gasteiger partial charge in [-0.1, -0.05) is 30.3 Å². The van der Waals surface area contributed by atoms with Gasteiger partial charge in [0.05, 0.1) is 17.7 Å². The van der Waals surface area contributed by atoms with E-state index in [0.29, 0.717) is 0 Å². The molecule has 0 atom stereocenters. The number of methoxy groups -OCH3 is 1. The summed E-state index contributed by atoms with van der Waals surface area (Å²) in [6.07, 6.45) is 0. The van der Waals surface area contributed by atoms with E-state index in [-0.39, 0.29) is 0 Å². The first-order valence-corrected chi connectivity index (χ1v) is 6.81. The Labute approximate surface area is 115 Å². The van der Waals surface area contributed by atoms with Crippen LogP contribution in [0.25, 0.3) is 22.0 Å². The maximum absolute atomic E-state index is 6.09. The number of thiazole rings is 1. The molecule has 1 heterocycles. The number of hydrogen-bond acceptors (Lipinski definition) is 4. The van der Waals surface area contributed by atoms with Crippen molar-refractivity contribution in [3.63, 3.8) is 0 Å². The Morgan fingerprint density at radius 2 is 1.95 bits per heavy atom. The largest absolute Gasteiger partial charge is 0.496 e. The predicted octanol–water partition coefficient (Wildman–Crippen LogP) is 3.86. The normalized spacial score (nSPS) is 10.8. The van der Waals surface area contributed by atoms with Crippen LogP contribution in [0.1, 0.15) is 5.01 Å². The van der Waals surface area contributed by atoms with Crippen LogP contribution in [0.4, 0.5) is 5.00 Å². The van der Waals surface area contributed by atoms with E-state index in [4.69, 9.17) is 10.5 Å². The molecule has 96 valence electrons. The third-order valence-corrected chi connectivity index (χ3v) is 3.91. The second-order valence-electron chi connectivity index (χ2n) is 4.31. The average molecular weight is 270 g/mol. The minimum absolute atomic E-state index is 0.729. The molecule has 19 heavy (non-hydrogen) atoms. The Bertz CT molecular complexity index is 749. The number of nitrogens with two attached hydrogens (primary N) is 1. The van der Waals surface area contributed by atoms with Crippen molar-refractivity contribution in [1.82, 2.24) is 4.98 Å². The van der Waals surface area contributed by atoms with Crippen LogP contribution in [0.2, 0.25) is 0 Å². The first kappa shape index (κ1) is 12.0. The second-order valence-corrected chi connectivity index (χ2v) is 5.54. The zero-order valence-electron chi connectivity index (χ0n) is 10.8. The topological polar surface area (TPSA) is 48.1 Å². The molecule has 0 spiro atoms. The van der Waals surface area contributed by atoms with E-state index in [1.54, 1.807) is 7.11 Å². The molecule has 0 amide bonds. The summed E-state index contributed by atoms with van der Waals surface area (Å²) in [5.41, 5.74) is 7.88. The quantitative estimate of drug-likeness (QED) is 0.769. The lowest BCUT2D eigenvalue weighted by atomic mass is 10.0. The van der Waals surface area contributed by atoms with Crippen molar-refractivity contribution >= 4 is 27.1 Å². The van der Waals surface area contributed by atoms with E-state index in [0.717, 1.165) is 37.8 Å². The zero-order chi connectivity index (χ0) is 13.4. The molecule has 0 unspecified atom stereocenters. The number of nitrogens with zero attached hydrogens (tertiary/aromatic N) is 1. The van der Waals surface area contributed by atoms with E-state index in [9.17, 15) is 0 Å². The fourth-order valence-electron chi connectivity index (χ4n) is 2.29. The summed E-state index contributed by atoms with van der Waals surface area (Å²) in [5, 5.41) is 3.96. The molecule has 1 aromatic heterocycles. The smallest absolute Gasteiger partial charge is 0.129 e. The molecule has 0 aliphatic carbocycles. The molecule has 0 saturated heterocycles. The lowest BCUT2D eigenvalue weighted by Crippen LogP contribution is -1.92. The highest BCUT2D eigenvalue weighted by Gasteiger charge is 2.16. The van der Waals surface area contributed by atoms with Crippen molar-refractivity contribution < 1.29 is 4.74 Å². The van der Waals surface area contributed by atoms with Gasteiger partial charge in [-0.3, -0.25) is 0 Å². The highest BCUT2D eigenvalue weighted by molar-refractivity contribution is 7.16. The molecule has 0 bridgehead atoms. The van der Waals surface area contributed by atoms with E-state index in [2.05, 4.69) is 17.1 Å². The van der Waals surface area contributed by atoms with Gasteiger partial charge in [0.2, 0.25) is 0 Å². The first-order valence-electron chi connectivity index (χ1n) is 5.99. The van der Waals surface area contributed by atoms with E-state index >= 15 is 0 Å². The van der Waals surface area contributed by atoms with Crippen LogP contribution in [0.15, 0.2) is 36.4 Å². The summed E-state index contributed by atoms with van der Waals surface area (Å²) >= 11 is 1.50. The van der Waals surface area contributed by atoms with E-state index < -0.39 is 0 Å². The third kappa shape index (κ3) is 1.94. The van der Waals surface area contributed by atoms with Crippen molar-refractivity contribution in [3.8, 4) is 17.0 Å². The van der Waals surface area contributed by atoms with Gasteiger partial charge in [0, 0.05) is 0 Å². The number of rotatable bonds is 2. The molecular formula is C15H14N2OS. The zero-order valence-corrected chi connectivity index (χ0v) is 11.6. The number of fused-ring (bicyclic) bond motifs is 1. The maximum Gasteiger partial charge on any atom is 0.129 e. The van der Waals surface area contributed by atoms with Crippen molar-refractivity contribution in [1.29, 1.82) is 0 Å². The summed E-state index contributed by atoms with van der Waals surface area (Å²) in [4.78, 5) is 4.55. The number of nitrogen functional groups attached to an aromatic ring is 1. The molecule has 2 N–H and O–H groups in total. The summed E-state index contributed by atoms with van der Waals surface area (Å²) in [6, 6.07) is 12.2. The number of hydrogen-bond donors (Lipinski definition) is 1. The molecule has 2 aromatic carbocycles. The Balaban J connectivity index is 2.40. The molecular weight excluding hydrogens is 256 g/mol. The van der Waals surface area contributed by atoms with Crippen molar-refractivity contribution in [2.75, 3.05) is 12.8 Å². The predicted molar refractivity (Wildman–Crippen MR) is 80.8 cm³/mol. The lowest BCUT2D eigenvalue weighted by molar-refractivity contribution is 0.417. The molecule has 0 radical (unpaired) electrons. The monoisotopic (exact) mass is 270 g/mol. The van der Waals surface area contributed by atoms with Crippen LogP contribution in [0.5, 0.6) is 5.75 Å². The maximum atomic E-state index is 6.09. The summed E-state index contributed by atoms with van der Waals surface area (Å²) in [7, 11) is 1.67. The van der Waals surface area contributed by atoms with Gasteiger partial charge in [-0.05, 0) is 23.8 Å². The minimum atomic E-state index is 0.729. The van der Waals surface area contributed by atoms with Crippen LogP contribution in [0.3, 0.4) is 0 Å². The third-order valence-electron chi connectivity index (χ3n) is 3.11. The second kappa shape index (κ2) is 4.55. The van der Waals surface area contributed by atoms with Crippen LogP contribution in [-0.2, 0) is 0 Å². The molecule has 0 aliphatic rings. The molecule has 3 nitrogen and oxygen atoms in total. The van der Waals surface area contributed by atoms with Crippen LogP contribution in [0, 0.1) is 6.92 Å². The van der Waals surface area contributed by atoms with Gasteiger partial charge in [-0.25, -0.2) is 4.98 Å². The number of aromatic nitrogens is 1. The summed E-state index contributed by atoms with van der Waals surface area (Å²) < 4.78 is 5.48. The van der Waals surface area contributed by atoms with Crippen LogP contribution >= 0.6 is 11.3 Å². The highest BCUT2D eigenvalue weighted by Crippen LogP contribution is 2.40. The van der Waals surface area contributed by atoms with Crippen molar-refractivity contribution in [2.45, 2.75) is 6.92 Å². The number of ether oxygens (including phenoxy) is 1. The Morgan fingerprint density at radius 3 is 2.63 bits per heavy atom. The number of aryl methyl sites for hydroxylation is 1. The number of benzene rings is 2. The lowest BCUT2D eigenvalue weighted by Gasteiger charge is -2.10. The van der Waals surface area contributed by atoms with Gasteiger partial charge in [0.15, 0.2) is 0 Å². The fraction of sp³-hybridized carbons (Fsp3) is 0.133. The fourth-order valence-corrected chi connectivity index (χ4v) is 2.99. The Hall–Kier alpha value is -2.07. The number of anilines is 1. The molecule has 0 fully saturated rings. The molecule has 3 rings (SSSR count). The molecule has 3 aromatic rings. The van der Waals surface area contributed by atoms with Crippen LogP contribution < -0.4 is 10.5 Å². The summed E-state index contributed by atoms with van der Waals surface area (Å²) in [6.45, 7) is 1.96. The molecule has 0 saturated carbocycles. The Kier molecular flexibility index (Phi) is 2.87. The van der Waals surface area contributed by atoms with Gasteiger partial charge in [0.1, 0.15) is 16.4 Å². The minimum Gasteiger partial charge on any atom is -0.496 e. The molecule has 0 aliphatic heterocycles. The van der Waals surface area contributed by atoms with Crippen LogP contribution in [-0.4, -0.2) is 12.1 Å². The Morgan fingerprint density at radius 1 is 1.16 bits per heavy atom. The van der Waals surface area contributed by atoms with E-state index in [1.165, 1.54) is 11.3 Å². The van der Waals surface area contributed by atoms with Gasteiger partial charge in [-0.2, -0.15) is 0 Å². The summed E-state index contributed by atoms with van der Waals surface area (Å²) in [5.74, 6) is 0.802. The van der Waals surface area contributed by atoms with Gasteiger partial charge < -0.3 is 10.5 Å². The van der Waals surface area contributed by atoms with Crippen molar-refractivity contribution in [2.24, 2.45) is 0 Å². The average Bonchev–Trinajstić information content (AvgIpc) is 2.76. The molecule has 4 heteroatoms.